The SMILES string of the molecule is CCCCN(C(C)c1ccc(N2CCCC2=O)cc1)[C@@H](C)CC. The molecule has 1 aliphatic heterocycles. The highest BCUT2D eigenvalue weighted by Crippen LogP contribution is 2.27. The molecule has 3 nitrogen and oxygen atoms in total. The molecule has 23 heavy (non-hydrogen) atoms. The van der Waals surface area contributed by atoms with Crippen molar-refractivity contribution < 1.29 is 4.79 Å². The van der Waals surface area contributed by atoms with Crippen LogP contribution < -0.4 is 4.90 Å². The van der Waals surface area contributed by atoms with E-state index < -0.39 is 0 Å². The first-order chi connectivity index (χ1) is 11.1. The lowest BCUT2D eigenvalue weighted by Crippen LogP contribution is -2.36. The summed E-state index contributed by atoms with van der Waals surface area (Å²) < 4.78 is 0. The topological polar surface area (TPSA) is 23.6 Å². The van der Waals surface area contributed by atoms with Gasteiger partial charge in [-0.2, -0.15) is 0 Å². The summed E-state index contributed by atoms with van der Waals surface area (Å²) in [5.41, 5.74) is 2.39. The molecule has 2 rings (SSSR count). The molecule has 0 aliphatic carbocycles. The Hall–Kier alpha value is -1.35. The smallest absolute Gasteiger partial charge is 0.227 e. The zero-order valence-electron chi connectivity index (χ0n) is 15.2. The molecule has 0 N–H and O–H groups in total. The van der Waals surface area contributed by atoms with Gasteiger partial charge < -0.3 is 4.90 Å². The van der Waals surface area contributed by atoms with E-state index in [0.29, 0.717) is 18.5 Å². The molecule has 0 bridgehead atoms. The number of hydrogen-bond acceptors (Lipinski definition) is 2. The molecule has 1 aromatic rings. The molecule has 0 radical (unpaired) electrons. The molecule has 0 aromatic heterocycles. The fourth-order valence-electron chi connectivity index (χ4n) is 3.42. The molecular formula is C20H32N2O. The van der Waals surface area contributed by atoms with E-state index in [1.807, 2.05) is 4.90 Å². The van der Waals surface area contributed by atoms with Crippen LogP contribution in [0.3, 0.4) is 0 Å². The molecule has 1 amide bonds. The summed E-state index contributed by atoms with van der Waals surface area (Å²) in [4.78, 5) is 16.4. The van der Waals surface area contributed by atoms with Gasteiger partial charge in [0.1, 0.15) is 0 Å². The van der Waals surface area contributed by atoms with Crippen molar-refractivity contribution in [1.29, 1.82) is 0 Å². The number of nitrogens with zero attached hydrogens (tertiary/aromatic N) is 2. The average molecular weight is 316 g/mol. The first kappa shape index (κ1) is 18.0. The Morgan fingerprint density at radius 3 is 2.39 bits per heavy atom. The van der Waals surface area contributed by atoms with Crippen LogP contribution in [0.1, 0.15) is 71.4 Å². The van der Waals surface area contributed by atoms with Gasteiger partial charge in [-0.25, -0.2) is 0 Å². The van der Waals surface area contributed by atoms with Crippen LogP contribution in [0.4, 0.5) is 5.69 Å². The lowest BCUT2D eigenvalue weighted by Gasteiger charge is -2.34. The van der Waals surface area contributed by atoms with Crippen molar-refractivity contribution in [3.8, 4) is 0 Å². The summed E-state index contributed by atoms with van der Waals surface area (Å²) in [6, 6.07) is 9.64. The molecule has 3 heteroatoms. The number of carbonyl (C=O) groups excluding carboxylic acids is 1. The summed E-state index contributed by atoms with van der Waals surface area (Å²) in [6.07, 6.45) is 5.33. The van der Waals surface area contributed by atoms with Gasteiger partial charge in [0.25, 0.3) is 0 Å². The summed E-state index contributed by atoms with van der Waals surface area (Å²) in [5.74, 6) is 0.259. The van der Waals surface area contributed by atoms with Crippen LogP contribution in [0.25, 0.3) is 0 Å². The second kappa shape index (κ2) is 8.49. The third-order valence-electron chi connectivity index (χ3n) is 5.18. The van der Waals surface area contributed by atoms with E-state index in [1.165, 1.54) is 24.8 Å². The quantitative estimate of drug-likeness (QED) is 0.689. The van der Waals surface area contributed by atoms with Crippen LogP contribution in [-0.4, -0.2) is 29.9 Å². The van der Waals surface area contributed by atoms with E-state index in [-0.39, 0.29) is 5.91 Å². The van der Waals surface area contributed by atoms with Gasteiger partial charge in [-0.15, -0.1) is 0 Å². The van der Waals surface area contributed by atoms with Gasteiger partial charge in [0.05, 0.1) is 0 Å². The molecule has 0 saturated carbocycles. The van der Waals surface area contributed by atoms with E-state index in [2.05, 4.69) is 56.9 Å². The lowest BCUT2D eigenvalue weighted by atomic mass is 10.0. The molecule has 128 valence electrons. The number of carbonyl (C=O) groups is 1. The third kappa shape index (κ3) is 4.35. The molecule has 1 aliphatic rings. The molecule has 1 aromatic carbocycles. The normalized spacial score (nSPS) is 17.8. The van der Waals surface area contributed by atoms with E-state index in [0.717, 1.165) is 25.2 Å². The predicted molar refractivity (Wildman–Crippen MR) is 97.8 cm³/mol. The number of hydrogen-bond donors (Lipinski definition) is 0. The minimum Gasteiger partial charge on any atom is -0.312 e. The molecule has 1 unspecified atom stereocenters. The van der Waals surface area contributed by atoms with Gasteiger partial charge in [0, 0.05) is 30.7 Å². The fraction of sp³-hybridized carbons (Fsp3) is 0.650. The first-order valence-electron chi connectivity index (χ1n) is 9.24. The Balaban J connectivity index is 2.10. The summed E-state index contributed by atoms with van der Waals surface area (Å²) in [7, 11) is 0. The van der Waals surface area contributed by atoms with Gasteiger partial charge >= 0.3 is 0 Å². The monoisotopic (exact) mass is 316 g/mol. The largest absolute Gasteiger partial charge is 0.312 e. The van der Waals surface area contributed by atoms with Crippen LogP contribution in [0.2, 0.25) is 0 Å². The van der Waals surface area contributed by atoms with E-state index >= 15 is 0 Å². The van der Waals surface area contributed by atoms with Crippen LogP contribution in [0, 0.1) is 0 Å². The Morgan fingerprint density at radius 2 is 1.87 bits per heavy atom. The van der Waals surface area contributed by atoms with Crippen molar-refractivity contribution in [3.63, 3.8) is 0 Å². The zero-order chi connectivity index (χ0) is 16.8. The van der Waals surface area contributed by atoms with Gasteiger partial charge in [-0.05, 0) is 57.4 Å². The molecule has 2 atom stereocenters. The number of unbranched alkanes of at least 4 members (excludes halogenated alkanes) is 1. The zero-order valence-corrected chi connectivity index (χ0v) is 15.2. The molecular weight excluding hydrogens is 284 g/mol. The summed E-state index contributed by atoms with van der Waals surface area (Å²) >= 11 is 0. The van der Waals surface area contributed by atoms with Crippen LogP contribution in [0.5, 0.6) is 0 Å². The maximum absolute atomic E-state index is 11.9. The maximum Gasteiger partial charge on any atom is 0.227 e. The van der Waals surface area contributed by atoms with Crippen molar-refractivity contribution in [2.24, 2.45) is 0 Å². The minimum absolute atomic E-state index is 0.259. The molecule has 1 saturated heterocycles. The fourth-order valence-corrected chi connectivity index (χ4v) is 3.42. The number of anilines is 1. The van der Waals surface area contributed by atoms with Gasteiger partial charge in [0.15, 0.2) is 0 Å². The Bertz CT molecular complexity index is 497. The minimum atomic E-state index is 0.259. The second-order valence-electron chi connectivity index (χ2n) is 6.77. The Morgan fingerprint density at radius 1 is 1.17 bits per heavy atom. The second-order valence-corrected chi connectivity index (χ2v) is 6.77. The molecule has 1 heterocycles. The highest BCUT2D eigenvalue weighted by molar-refractivity contribution is 5.95. The molecule has 1 fully saturated rings. The lowest BCUT2D eigenvalue weighted by molar-refractivity contribution is -0.117. The maximum atomic E-state index is 11.9. The summed E-state index contributed by atoms with van der Waals surface area (Å²) in [6.45, 7) is 11.2. The van der Waals surface area contributed by atoms with E-state index in [1.54, 1.807) is 0 Å². The van der Waals surface area contributed by atoms with Crippen molar-refractivity contribution in [3.05, 3.63) is 29.8 Å². The number of amides is 1. The van der Waals surface area contributed by atoms with Gasteiger partial charge in [-0.1, -0.05) is 32.4 Å². The van der Waals surface area contributed by atoms with Crippen molar-refractivity contribution in [2.45, 2.75) is 71.9 Å². The van der Waals surface area contributed by atoms with E-state index in [9.17, 15) is 4.79 Å². The van der Waals surface area contributed by atoms with Crippen LogP contribution >= 0.6 is 0 Å². The van der Waals surface area contributed by atoms with E-state index in [4.69, 9.17) is 0 Å². The molecule has 0 spiro atoms. The summed E-state index contributed by atoms with van der Waals surface area (Å²) in [5, 5.41) is 0. The predicted octanol–water partition coefficient (Wildman–Crippen LogP) is 4.78. The standard InChI is InChI=1S/C20H32N2O/c1-5-7-14-21(16(3)6-2)17(4)18-10-12-19(13-11-18)22-15-8-9-20(22)23/h10-13,16-17H,5-9,14-15H2,1-4H3/t16-,17?/m0/s1. The Kier molecular flexibility index (Phi) is 6.64. The average Bonchev–Trinajstić information content (AvgIpc) is 3.00. The highest BCUT2D eigenvalue weighted by Gasteiger charge is 2.23. The highest BCUT2D eigenvalue weighted by atomic mass is 16.2. The van der Waals surface area contributed by atoms with Crippen molar-refractivity contribution >= 4 is 11.6 Å². The number of rotatable bonds is 8. The van der Waals surface area contributed by atoms with Crippen molar-refractivity contribution in [1.82, 2.24) is 4.90 Å². The van der Waals surface area contributed by atoms with Gasteiger partial charge in [0.2, 0.25) is 5.91 Å². The van der Waals surface area contributed by atoms with Gasteiger partial charge in [-0.3, -0.25) is 9.69 Å². The van der Waals surface area contributed by atoms with Crippen molar-refractivity contribution in [2.75, 3.05) is 18.0 Å². The van der Waals surface area contributed by atoms with Crippen LogP contribution in [0.15, 0.2) is 24.3 Å². The third-order valence-corrected chi connectivity index (χ3v) is 5.18. The first-order valence-corrected chi connectivity index (χ1v) is 9.24. The number of benzene rings is 1. The van der Waals surface area contributed by atoms with Crippen LogP contribution in [-0.2, 0) is 4.79 Å². The Labute approximate surface area is 141 Å².